The van der Waals surface area contributed by atoms with Gasteiger partial charge in [-0.05, 0) is 25.5 Å². The molecule has 1 heterocycles. The number of aromatic nitrogens is 1. The Morgan fingerprint density at radius 3 is 2.67 bits per heavy atom. The summed E-state index contributed by atoms with van der Waals surface area (Å²) in [4.78, 5) is 28.0. The monoisotopic (exact) mass is 348 g/mol. The Morgan fingerprint density at radius 2 is 2.00 bits per heavy atom. The van der Waals surface area contributed by atoms with E-state index < -0.39 is 6.10 Å². The van der Waals surface area contributed by atoms with E-state index in [-0.39, 0.29) is 18.3 Å². The van der Waals surface area contributed by atoms with Crippen molar-refractivity contribution >= 4 is 28.3 Å². The SMILES string of the molecule is CCOC(=O)Cc1csc(NC(=O)C(CC)Oc2ccccc2)n1. The predicted octanol–water partition coefficient (Wildman–Crippen LogP) is 3.04. The maximum atomic E-state index is 12.3. The zero-order valence-corrected chi connectivity index (χ0v) is 14.5. The van der Waals surface area contributed by atoms with E-state index in [0.29, 0.717) is 29.6 Å². The molecule has 1 amide bonds. The quantitative estimate of drug-likeness (QED) is 0.742. The number of nitrogens with zero attached hydrogens (tertiary/aromatic N) is 1. The van der Waals surface area contributed by atoms with Crippen LogP contribution in [0.15, 0.2) is 35.7 Å². The number of amides is 1. The topological polar surface area (TPSA) is 77.5 Å². The van der Waals surface area contributed by atoms with Gasteiger partial charge in [-0.25, -0.2) is 4.98 Å². The molecule has 0 aliphatic heterocycles. The minimum atomic E-state index is -0.607. The van der Waals surface area contributed by atoms with Gasteiger partial charge in [0.05, 0.1) is 18.7 Å². The molecule has 0 bridgehead atoms. The van der Waals surface area contributed by atoms with Gasteiger partial charge in [0.15, 0.2) is 11.2 Å². The molecule has 1 N–H and O–H groups in total. The summed E-state index contributed by atoms with van der Waals surface area (Å²) in [5.41, 5.74) is 0.575. The molecule has 1 unspecified atom stereocenters. The van der Waals surface area contributed by atoms with Crippen LogP contribution in [0.25, 0.3) is 0 Å². The molecule has 24 heavy (non-hydrogen) atoms. The molecule has 128 valence electrons. The number of para-hydroxylation sites is 1. The van der Waals surface area contributed by atoms with Crippen molar-refractivity contribution in [2.24, 2.45) is 0 Å². The second-order valence-corrected chi connectivity index (χ2v) is 5.80. The first-order chi connectivity index (χ1) is 11.6. The van der Waals surface area contributed by atoms with Crippen LogP contribution in [0, 0.1) is 0 Å². The van der Waals surface area contributed by atoms with Gasteiger partial charge in [0, 0.05) is 5.38 Å². The zero-order valence-electron chi connectivity index (χ0n) is 13.7. The van der Waals surface area contributed by atoms with E-state index in [4.69, 9.17) is 9.47 Å². The fourth-order valence-corrected chi connectivity index (χ4v) is 2.69. The van der Waals surface area contributed by atoms with Crippen LogP contribution in [0.2, 0.25) is 0 Å². The van der Waals surface area contributed by atoms with Crippen LogP contribution in [0.1, 0.15) is 26.0 Å². The van der Waals surface area contributed by atoms with Gasteiger partial charge >= 0.3 is 5.97 Å². The number of carbonyl (C=O) groups excluding carboxylic acids is 2. The van der Waals surface area contributed by atoms with Crippen molar-refractivity contribution in [2.45, 2.75) is 32.8 Å². The predicted molar refractivity (Wildman–Crippen MR) is 92.2 cm³/mol. The Labute approximate surface area is 144 Å². The zero-order chi connectivity index (χ0) is 17.4. The normalized spacial score (nSPS) is 11.6. The minimum Gasteiger partial charge on any atom is -0.481 e. The first-order valence-electron chi connectivity index (χ1n) is 7.75. The van der Waals surface area contributed by atoms with Gasteiger partial charge in [-0.3, -0.25) is 14.9 Å². The van der Waals surface area contributed by atoms with Crippen LogP contribution in [0.3, 0.4) is 0 Å². The van der Waals surface area contributed by atoms with Crippen molar-refractivity contribution in [1.82, 2.24) is 4.98 Å². The number of benzene rings is 1. The van der Waals surface area contributed by atoms with Gasteiger partial charge in [0.1, 0.15) is 5.75 Å². The van der Waals surface area contributed by atoms with Gasteiger partial charge in [0.25, 0.3) is 5.91 Å². The fourth-order valence-electron chi connectivity index (χ4n) is 1.98. The highest BCUT2D eigenvalue weighted by molar-refractivity contribution is 7.13. The molecule has 0 saturated carbocycles. The molecule has 1 atom stereocenters. The van der Waals surface area contributed by atoms with Crippen LogP contribution in [-0.4, -0.2) is 29.6 Å². The molecule has 7 heteroatoms. The third-order valence-corrected chi connectivity index (χ3v) is 3.90. The summed E-state index contributed by atoms with van der Waals surface area (Å²) in [5.74, 6) is 0.0412. The van der Waals surface area contributed by atoms with Crippen molar-refractivity contribution in [3.05, 3.63) is 41.4 Å². The third-order valence-electron chi connectivity index (χ3n) is 3.10. The highest BCUT2D eigenvalue weighted by Crippen LogP contribution is 2.18. The lowest BCUT2D eigenvalue weighted by Crippen LogP contribution is -2.32. The van der Waals surface area contributed by atoms with Gasteiger partial charge in [-0.2, -0.15) is 0 Å². The number of hydrogen-bond donors (Lipinski definition) is 1. The number of esters is 1. The summed E-state index contributed by atoms with van der Waals surface area (Å²) in [6, 6.07) is 9.19. The van der Waals surface area contributed by atoms with Crippen molar-refractivity contribution < 1.29 is 19.1 Å². The van der Waals surface area contributed by atoms with E-state index in [9.17, 15) is 9.59 Å². The van der Waals surface area contributed by atoms with Gasteiger partial charge in [-0.15, -0.1) is 11.3 Å². The second-order valence-electron chi connectivity index (χ2n) is 4.94. The number of ether oxygens (including phenoxy) is 2. The van der Waals surface area contributed by atoms with Crippen molar-refractivity contribution in [3.8, 4) is 5.75 Å². The Balaban J connectivity index is 1.93. The van der Waals surface area contributed by atoms with E-state index in [1.807, 2.05) is 25.1 Å². The van der Waals surface area contributed by atoms with Crippen LogP contribution < -0.4 is 10.1 Å². The molecule has 0 fully saturated rings. The highest BCUT2D eigenvalue weighted by Gasteiger charge is 2.20. The maximum absolute atomic E-state index is 12.3. The molecule has 1 aromatic carbocycles. The lowest BCUT2D eigenvalue weighted by molar-refractivity contribution is -0.142. The second kappa shape index (κ2) is 9.02. The third kappa shape index (κ3) is 5.34. The maximum Gasteiger partial charge on any atom is 0.311 e. The van der Waals surface area contributed by atoms with E-state index in [0.717, 1.165) is 0 Å². The number of rotatable bonds is 8. The standard InChI is InChI=1S/C17H20N2O4S/c1-3-14(23-13-8-6-5-7-9-13)16(21)19-17-18-12(11-24-17)10-15(20)22-4-2/h5-9,11,14H,3-4,10H2,1-2H3,(H,18,19,21). The van der Waals surface area contributed by atoms with Gasteiger partial charge in [0.2, 0.25) is 0 Å². The fraction of sp³-hybridized carbons (Fsp3) is 0.353. The Morgan fingerprint density at radius 1 is 1.25 bits per heavy atom. The smallest absolute Gasteiger partial charge is 0.311 e. The molecule has 2 rings (SSSR count). The average Bonchev–Trinajstić information content (AvgIpc) is 3.00. The van der Waals surface area contributed by atoms with Gasteiger partial charge < -0.3 is 9.47 Å². The van der Waals surface area contributed by atoms with E-state index >= 15 is 0 Å². The molecular weight excluding hydrogens is 328 g/mol. The molecular formula is C17H20N2O4S. The molecule has 0 spiro atoms. The first-order valence-corrected chi connectivity index (χ1v) is 8.63. The number of nitrogens with one attached hydrogen (secondary N) is 1. The molecule has 1 aromatic heterocycles. The highest BCUT2D eigenvalue weighted by atomic mass is 32.1. The number of anilines is 1. The summed E-state index contributed by atoms with van der Waals surface area (Å²) < 4.78 is 10.6. The van der Waals surface area contributed by atoms with Crippen LogP contribution in [-0.2, 0) is 20.7 Å². The Bertz CT molecular complexity index is 672. The number of hydrogen-bond acceptors (Lipinski definition) is 6. The van der Waals surface area contributed by atoms with Crippen molar-refractivity contribution in [1.29, 1.82) is 0 Å². The lowest BCUT2D eigenvalue weighted by atomic mass is 10.2. The van der Waals surface area contributed by atoms with Crippen LogP contribution in [0.5, 0.6) is 5.75 Å². The molecule has 6 nitrogen and oxygen atoms in total. The largest absolute Gasteiger partial charge is 0.481 e. The number of carbonyl (C=O) groups is 2. The summed E-state index contributed by atoms with van der Waals surface area (Å²) in [6.45, 7) is 3.96. The van der Waals surface area contributed by atoms with Crippen molar-refractivity contribution in [2.75, 3.05) is 11.9 Å². The molecule has 0 aliphatic rings. The summed E-state index contributed by atoms with van der Waals surface area (Å²) >= 11 is 1.27. The lowest BCUT2D eigenvalue weighted by Gasteiger charge is -2.16. The van der Waals surface area contributed by atoms with Gasteiger partial charge in [-0.1, -0.05) is 25.1 Å². The number of thiazole rings is 1. The average molecular weight is 348 g/mol. The molecule has 0 saturated heterocycles. The Kier molecular flexibility index (Phi) is 6.74. The summed E-state index contributed by atoms with van der Waals surface area (Å²) in [6.07, 6.45) is 0.0181. The van der Waals surface area contributed by atoms with Crippen LogP contribution >= 0.6 is 11.3 Å². The first kappa shape index (κ1) is 17.9. The summed E-state index contributed by atoms with van der Waals surface area (Å²) in [5, 5.41) is 4.90. The van der Waals surface area contributed by atoms with E-state index in [1.165, 1.54) is 11.3 Å². The molecule has 0 radical (unpaired) electrons. The van der Waals surface area contributed by atoms with E-state index in [2.05, 4.69) is 10.3 Å². The minimum absolute atomic E-state index is 0.0952. The van der Waals surface area contributed by atoms with Crippen LogP contribution in [0.4, 0.5) is 5.13 Å². The van der Waals surface area contributed by atoms with E-state index in [1.54, 1.807) is 24.4 Å². The molecule has 2 aromatic rings. The summed E-state index contributed by atoms with van der Waals surface area (Å²) in [7, 11) is 0. The Hall–Kier alpha value is -2.41. The van der Waals surface area contributed by atoms with Crippen molar-refractivity contribution in [3.63, 3.8) is 0 Å². The molecule has 0 aliphatic carbocycles.